The molecule has 0 heterocycles. The number of rotatable bonds is 2. The molecule has 0 spiro atoms. The highest BCUT2D eigenvalue weighted by atomic mass is 16.6. The zero-order valence-corrected chi connectivity index (χ0v) is 8.55. The molecule has 0 bridgehead atoms. The molecule has 0 atom stereocenters. The van der Waals surface area contributed by atoms with Crippen molar-refractivity contribution in [3.63, 3.8) is 0 Å². The molecule has 0 aliphatic rings. The van der Waals surface area contributed by atoms with Crippen LogP contribution in [0.1, 0.15) is 34.1 Å². The van der Waals surface area contributed by atoms with Crippen LogP contribution in [0.5, 0.6) is 0 Å². The van der Waals surface area contributed by atoms with Crippen LogP contribution in [0.15, 0.2) is 11.6 Å². The second kappa shape index (κ2) is 4.66. The van der Waals surface area contributed by atoms with Crippen LogP contribution in [-0.2, 0) is 9.53 Å². The van der Waals surface area contributed by atoms with Crippen LogP contribution < -0.4 is 0 Å². The van der Waals surface area contributed by atoms with Crippen LogP contribution in [0.4, 0.5) is 0 Å². The summed E-state index contributed by atoms with van der Waals surface area (Å²) in [4.78, 5) is 11.2. The Hall–Kier alpha value is -1.30. The molecule has 0 N–H and O–H groups in total. The lowest BCUT2D eigenvalue weighted by Crippen LogP contribution is -2.23. The summed E-state index contributed by atoms with van der Waals surface area (Å²) in [7, 11) is 0. The van der Waals surface area contributed by atoms with Crippen molar-refractivity contribution in [3.05, 3.63) is 11.6 Å². The maximum absolute atomic E-state index is 11.2. The smallest absolute Gasteiger partial charge is 0.310 e. The Morgan fingerprint density at radius 1 is 1.54 bits per heavy atom. The van der Waals surface area contributed by atoms with E-state index < -0.39 is 5.60 Å². The highest BCUT2D eigenvalue weighted by Crippen LogP contribution is 2.10. The van der Waals surface area contributed by atoms with Gasteiger partial charge in [0.25, 0.3) is 0 Å². The number of hydrogen-bond donors (Lipinski definition) is 0. The lowest BCUT2D eigenvalue weighted by Gasteiger charge is -2.19. The first-order chi connectivity index (χ1) is 5.85. The number of hydrogen-bond acceptors (Lipinski definition) is 3. The molecule has 0 rings (SSSR count). The molecule has 0 radical (unpaired) electrons. The zero-order chi connectivity index (χ0) is 10.5. The molecule has 0 amide bonds. The minimum atomic E-state index is -0.454. The van der Waals surface area contributed by atoms with Gasteiger partial charge in [-0.25, -0.2) is 0 Å². The Balaban J connectivity index is 4.05. The van der Waals surface area contributed by atoms with E-state index in [9.17, 15) is 4.79 Å². The van der Waals surface area contributed by atoms with E-state index >= 15 is 0 Å². The van der Waals surface area contributed by atoms with Crippen LogP contribution in [0.25, 0.3) is 0 Å². The Kier molecular flexibility index (Phi) is 4.19. The van der Waals surface area contributed by atoms with Crippen LogP contribution in [0.3, 0.4) is 0 Å². The highest BCUT2D eigenvalue weighted by molar-refractivity contribution is 5.72. The first-order valence-electron chi connectivity index (χ1n) is 4.12. The molecule has 0 aromatic carbocycles. The summed E-state index contributed by atoms with van der Waals surface area (Å²) < 4.78 is 5.07. The van der Waals surface area contributed by atoms with Gasteiger partial charge in [0.1, 0.15) is 5.60 Å². The molecule has 0 fully saturated rings. The van der Waals surface area contributed by atoms with Gasteiger partial charge < -0.3 is 4.74 Å². The van der Waals surface area contributed by atoms with Gasteiger partial charge in [0, 0.05) is 6.08 Å². The zero-order valence-electron chi connectivity index (χ0n) is 8.55. The summed E-state index contributed by atoms with van der Waals surface area (Å²) in [5.74, 6) is -0.295. The third-order valence-corrected chi connectivity index (χ3v) is 1.15. The summed E-state index contributed by atoms with van der Waals surface area (Å²) in [6.07, 6.45) is 1.54. The minimum absolute atomic E-state index is 0.185. The second-order valence-electron chi connectivity index (χ2n) is 3.88. The van der Waals surface area contributed by atoms with Crippen molar-refractivity contribution in [3.8, 4) is 6.07 Å². The van der Waals surface area contributed by atoms with Gasteiger partial charge in [0.05, 0.1) is 12.5 Å². The average Bonchev–Trinajstić information content (AvgIpc) is 1.81. The Bertz CT molecular complexity index is 253. The maximum Gasteiger partial charge on any atom is 0.310 e. The van der Waals surface area contributed by atoms with Gasteiger partial charge in [0.15, 0.2) is 0 Å². The number of nitriles is 1. The summed E-state index contributed by atoms with van der Waals surface area (Å²) in [5, 5.41) is 8.30. The lowest BCUT2D eigenvalue weighted by atomic mass is 10.1. The largest absolute Gasteiger partial charge is 0.460 e. The van der Waals surface area contributed by atoms with E-state index in [1.807, 2.05) is 26.8 Å². The van der Waals surface area contributed by atoms with Gasteiger partial charge in [-0.1, -0.05) is 5.57 Å². The molecule has 3 nitrogen and oxygen atoms in total. The molecule has 0 unspecified atom stereocenters. The molecule has 0 saturated heterocycles. The van der Waals surface area contributed by atoms with Crippen molar-refractivity contribution in [1.29, 1.82) is 5.26 Å². The number of allylic oxidation sites excluding steroid dienone is 1. The molecule has 0 saturated carbocycles. The Labute approximate surface area is 79.0 Å². The molecular weight excluding hydrogens is 166 g/mol. The van der Waals surface area contributed by atoms with Crippen molar-refractivity contribution in [2.24, 2.45) is 0 Å². The van der Waals surface area contributed by atoms with E-state index in [4.69, 9.17) is 10.00 Å². The van der Waals surface area contributed by atoms with Gasteiger partial charge in [-0.05, 0) is 27.7 Å². The quantitative estimate of drug-likeness (QED) is 0.484. The highest BCUT2D eigenvalue weighted by Gasteiger charge is 2.15. The summed E-state index contributed by atoms with van der Waals surface area (Å²) in [5.41, 5.74) is 0.265. The van der Waals surface area contributed by atoms with Crippen molar-refractivity contribution >= 4 is 5.97 Å². The molecular formula is C10H15NO2. The van der Waals surface area contributed by atoms with Crippen LogP contribution in [0, 0.1) is 11.3 Å². The van der Waals surface area contributed by atoms with Gasteiger partial charge in [-0.3, -0.25) is 4.79 Å². The number of esters is 1. The SMILES string of the molecule is CC(=CC#N)CC(=O)OC(C)(C)C. The van der Waals surface area contributed by atoms with E-state index in [2.05, 4.69) is 0 Å². The van der Waals surface area contributed by atoms with E-state index in [1.54, 1.807) is 6.92 Å². The van der Waals surface area contributed by atoms with Crippen molar-refractivity contribution < 1.29 is 9.53 Å². The van der Waals surface area contributed by atoms with Crippen LogP contribution in [-0.4, -0.2) is 11.6 Å². The molecule has 0 aliphatic carbocycles. The lowest BCUT2D eigenvalue weighted by molar-refractivity contribution is -0.153. The summed E-state index contributed by atoms with van der Waals surface area (Å²) in [6.45, 7) is 7.17. The van der Waals surface area contributed by atoms with Crippen molar-refractivity contribution in [2.75, 3.05) is 0 Å². The fourth-order valence-electron chi connectivity index (χ4n) is 0.766. The molecule has 72 valence electrons. The predicted octanol–water partition coefficient (Wildman–Crippen LogP) is 2.19. The molecule has 0 aliphatic heterocycles. The predicted molar refractivity (Wildman–Crippen MR) is 49.8 cm³/mol. The van der Waals surface area contributed by atoms with Gasteiger partial charge in [-0.15, -0.1) is 0 Å². The maximum atomic E-state index is 11.2. The molecule has 3 heteroatoms. The first kappa shape index (κ1) is 11.7. The van der Waals surface area contributed by atoms with Gasteiger partial charge in [-0.2, -0.15) is 5.26 Å². The topological polar surface area (TPSA) is 50.1 Å². The standard InChI is InChI=1S/C10H15NO2/c1-8(5-6-11)7-9(12)13-10(2,3)4/h5H,7H2,1-4H3. The summed E-state index contributed by atoms with van der Waals surface area (Å²) >= 11 is 0. The third kappa shape index (κ3) is 7.07. The number of carbonyl (C=O) groups is 1. The van der Waals surface area contributed by atoms with Gasteiger partial charge in [0.2, 0.25) is 0 Å². The Morgan fingerprint density at radius 2 is 2.08 bits per heavy atom. The summed E-state index contributed by atoms with van der Waals surface area (Å²) in [6, 6.07) is 1.87. The van der Waals surface area contributed by atoms with Crippen molar-refractivity contribution in [1.82, 2.24) is 0 Å². The normalized spacial score (nSPS) is 12.1. The molecule has 0 aromatic heterocycles. The van der Waals surface area contributed by atoms with Crippen molar-refractivity contribution in [2.45, 2.75) is 39.7 Å². The van der Waals surface area contributed by atoms with E-state index in [0.29, 0.717) is 0 Å². The third-order valence-electron chi connectivity index (χ3n) is 1.15. The monoisotopic (exact) mass is 181 g/mol. The fourth-order valence-corrected chi connectivity index (χ4v) is 0.766. The van der Waals surface area contributed by atoms with Gasteiger partial charge >= 0.3 is 5.97 Å². The average molecular weight is 181 g/mol. The van der Waals surface area contributed by atoms with E-state index in [0.717, 1.165) is 5.57 Å². The van der Waals surface area contributed by atoms with E-state index in [-0.39, 0.29) is 12.4 Å². The molecule has 13 heavy (non-hydrogen) atoms. The van der Waals surface area contributed by atoms with Crippen LogP contribution in [0.2, 0.25) is 0 Å². The van der Waals surface area contributed by atoms with E-state index in [1.165, 1.54) is 6.08 Å². The molecule has 0 aromatic rings. The van der Waals surface area contributed by atoms with Crippen LogP contribution >= 0.6 is 0 Å². The Morgan fingerprint density at radius 3 is 2.46 bits per heavy atom. The number of carbonyl (C=O) groups excluding carboxylic acids is 1. The number of ether oxygens (including phenoxy) is 1. The fraction of sp³-hybridized carbons (Fsp3) is 0.600. The second-order valence-corrected chi connectivity index (χ2v) is 3.88. The number of nitrogens with zero attached hydrogens (tertiary/aromatic N) is 1. The first-order valence-corrected chi connectivity index (χ1v) is 4.12. The minimum Gasteiger partial charge on any atom is -0.460 e.